The average molecular weight is 407 g/mol. The first-order valence-corrected chi connectivity index (χ1v) is 11.0. The van der Waals surface area contributed by atoms with Gasteiger partial charge in [-0.15, -0.1) is 11.8 Å². The Morgan fingerprint density at radius 1 is 1.07 bits per heavy atom. The SMILES string of the molecule is CC.CCCNCc1ccc(Cl)c(SCCCNC(=O)c2ccccc2)c1. The maximum Gasteiger partial charge on any atom is 0.251 e. The summed E-state index contributed by atoms with van der Waals surface area (Å²) in [4.78, 5) is 13.1. The van der Waals surface area contributed by atoms with Crippen molar-refractivity contribution >= 4 is 29.3 Å². The van der Waals surface area contributed by atoms with Crippen LogP contribution in [0.1, 0.15) is 49.5 Å². The summed E-state index contributed by atoms with van der Waals surface area (Å²) in [5, 5.41) is 7.14. The molecule has 0 bridgehead atoms. The fraction of sp³-hybridized carbons (Fsp3) is 0.409. The van der Waals surface area contributed by atoms with Crippen molar-refractivity contribution in [3.8, 4) is 0 Å². The Morgan fingerprint density at radius 3 is 2.52 bits per heavy atom. The molecule has 0 saturated heterocycles. The molecule has 0 spiro atoms. The Bertz CT molecular complexity index is 665. The number of carbonyl (C=O) groups is 1. The molecule has 0 aromatic heterocycles. The van der Waals surface area contributed by atoms with Crippen molar-refractivity contribution in [3.63, 3.8) is 0 Å². The van der Waals surface area contributed by atoms with Gasteiger partial charge in [-0.2, -0.15) is 0 Å². The number of halogens is 1. The number of thioether (sulfide) groups is 1. The van der Waals surface area contributed by atoms with Crippen molar-refractivity contribution in [1.29, 1.82) is 0 Å². The van der Waals surface area contributed by atoms with Crippen molar-refractivity contribution in [1.82, 2.24) is 10.6 Å². The van der Waals surface area contributed by atoms with Gasteiger partial charge in [-0.05, 0) is 55.0 Å². The topological polar surface area (TPSA) is 41.1 Å². The highest BCUT2D eigenvalue weighted by Crippen LogP contribution is 2.28. The number of hydrogen-bond donors (Lipinski definition) is 2. The molecule has 2 aromatic carbocycles. The minimum Gasteiger partial charge on any atom is -0.352 e. The second-order valence-corrected chi connectivity index (χ2v) is 7.31. The van der Waals surface area contributed by atoms with Gasteiger partial charge in [0, 0.05) is 23.5 Å². The number of amides is 1. The quantitative estimate of drug-likeness (QED) is 0.388. The number of rotatable bonds is 10. The zero-order chi connectivity index (χ0) is 19.9. The molecule has 5 heteroatoms. The van der Waals surface area contributed by atoms with Crippen molar-refractivity contribution < 1.29 is 4.79 Å². The second kappa shape index (κ2) is 14.6. The summed E-state index contributed by atoms with van der Waals surface area (Å²) in [5.41, 5.74) is 1.95. The molecule has 0 unspecified atom stereocenters. The average Bonchev–Trinajstić information content (AvgIpc) is 2.72. The molecule has 148 valence electrons. The predicted octanol–water partition coefficient (Wildman–Crippen LogP) is 5.78. The second-order valence-electron chi connectivity index (χ2n) is 5.77. The molecule has 0 heterocycles. The molecule has 0 aliphatic rings. The monoisotopic (exact) mass is 406 g/mol. The van der Waals surface area contributed by atoms with E-state index in [4.69, 9.17) is 11.6 Å². The zero-order valence-corrected chi connectivity index (χ0v) is 18.1. The molecule has 0 aliphatic carbocycles. The van der Waals surface area contributed by atoms with Crippen LogP contribution in [0.3, 0.4) is 0 Å². The lowest BCUT2D eigenvalue weighted by Crippen LogP contribution is -2.24. The van der Waals surface area contributed by atoms with Crippen LogP contribution in [0.15, 0.2) is 53.4 Å². The molecule has 2 aromatic rings. The molecule has 2 rings (SSSR count). The van der Waals surface area contributed by atoms with Crippen LogP contribution in [-0.2, 0) is 6.54 Å². The van der Waals surface area contributed by atoms with Crippen LogP contribution in [-0.4, -0.2) is 24.7 Å². The van der Waals surface area contributed by atoms with E-state index in [2.05, 4.69) is 29.7 Å². The van der Waals surface area contributed by atoms with Gasteiger partial charge in [0.2, 0.25) is 0 Å². The van der Waals surface area contributed by atoms with Gasteiger partial charge in [0.25, 0.3) is 5.91 Å². The molecular formula is C22H31ClN2OS. The van der Waals surface area contributed by atoms with Gasteiger partial charge in [0.05, 0.1) is 5.02 Å². The van der Waals surface area contributed by atoms with Gasteiger partial charge in [-0.1, -0.05) is 56.6 Å². The molecule has 27 heavy (non-hydrogen) atoms. The molecule has 0 aliphatic heterocycles. The highest BCUT2D eigenvalue weighted by atomic mass is 35.5. The van der Waals surface area contributed by atoms with Crippen LogP contribution in [0.5, 0.6) is 0 Å². The largest absolute Gasteiger partial charge is 0.352 e. The predicted molar refractivity (Wildman–Crippen MR) is 119 cm³/mol. The summed E-state index contributed by atoms with van der Waals surface area (Å²) in [6, 6.07) is 15.5. The standard InChI is InChI=1S/C20H25ClN2OS.C2H6/c1-2-11-22-15-16-9-10-18(21)19(14-16)25-13-6-12-23-20(24)17-7-4-3-5-8-17;1-2/h3-5,7-10,14,22H,2,6,11-13,15H2,1H3,(H,23,24);1-2H3. The molecule has 0 atom stereocenters. The third kappa shape index (κ3) is 9.32. The lowest BCUT2D eigenvalue weighted by molar-refractivity contribution is 0.0954. The Hall–Kier alpha value is -1.49. The first-order valence-electron chi connectivity index (χ1n) is 9.66. The Morgan fingerprint density at radius 2 is 1.81 bits per heavy atom. The van der Waals surface area contributed by atoms with E-state index in [1.807, 2.05) is 50.2 Å². The van der Waals surface area contributed by atoms with Crippen LogP contribution in [0.2, 0.25) is 5.02 Å². The molecule has 0 fully saturated rings. The lowest BCUT2D eigenvalue weighted by Gasteiger charge is -2.09. The molecular weight excluding hydrogens is 376 g/mol. The van der Waals surface area contributed by atoms with Gasteiger partial charge >= 0.3 is 0 Å². The van der Waals surface area contributed by atoms with E-state index in [1.54, 1.807) is 11.8 Å². The third-order valence-electron chi connectivity index (χ3n) is 3.65. The van der Waals surface area contributed by atoms with E-state index >= 15 is 0 Å². The van der Waals surface area contributed by atoms with Crippen LogP contribution in [0.4, 0.5) is 0 Å². The van der Waals surface area contributed by atoms with Gasteiger partial charge in [-0.25, -0.2) is 0 Å². The molecule has 0 radical (unpaired) electrons. The van der Waals surface area contributed by atoms with Gasteiger partial charge in [-0.3, -0.25) is 4.79 Å². The smallest absolute Gasteiger partial charge is 0.251 e. The minimum atomic E-state index is -0.0207. The van der Waals surface area contributed by atoms with Crippen molar-refractivity contribution in [3.05, 3.63) is 64.7 Å². The van der Waals surface area contributed by atoms with E-state index in [9.17, 15) is 4.79 Å². The Labute approximate surface area is 173 Å². The van der Waals surface area contributed by atoms with Gasteiger partial charge in [0.15, 0.2) is 0 Å². The number of benzene rings is 2. The van der Waals surface area contributed by atoms with E-state index in [0.717, 1.165) is 41.6 Å². The first-order chi connectivity index (χ1) is 13.2. The maximum absolute atomic E-state index is 12.0. The van der Waals surface area contributed by atoms with E-state index in [1.165, 1.54) is 5.56 Å². The number of hydrogen-bond acceptors (Lipinski definition) is 3. The normalized spacial score (nSPS) is 10.1. The summed E-state index contributed by atoms with van der Waals surface area (Å²) < 4.78 is 0. The van der Waals surface area contributed by atoms with E-state index < -0.39 is 0 Å². The van der Waals surface area contributed by atoms with Crippen LogP contribution in [0, 0.1) is 0 Å². The van der Waals surface area contributed by atoms with Crippen molar-refractivity contribution in [2.75, 3.05) is 18.8 Å². The van der Waals surface area contributed by atoms with Crippen molar-refractivity contribution in [2.24, 2.45) is 0 Å². The van der Waals surface area contributed by atoms with Crippen LogP contribution >= 0.6 is 23.4 Å². The van der Waals surface area contributed by atoms with Crippen LogP contribution < -0.4 is 10.6 Å². The fourth-order valence-corrected chi connectivity index (χ4v) is 3.56. The van der Waals surface area contributed by atoms with Crippen LogP contribution in [0.25, 0.3) is 0 Å². The molecule has 1 amide bonds. The number of carbonyl (C=O) groups excluding carboxylic acids is 1. The summed E-state index contributed by atoms with van der Waals surface area (Å²) in [6.07, 6.45) is 2.03. The number of nitrogens with one attached hydrogen (secondary N) is 2. The summed E-state index contributed by atoms with van der Waals surface area (Å²) in [7, 11) is 0. The highest BCUT2D eigenvalue weighted by molar-refractivity contribution is 7.99. The van der Waals surface area contributed by atoms with Crippen molar-refractivity contribution in [2.45, 2.75) is 45.1 Å². The molecule has 2 N–H and O–H groups in total. The van der Waals surface area contributed by atoms with E-state index in [-0.39, 0.29) is 5.91 Å². The Kier molecular flexibility index (Phi) is 12.7. The fourth-order valence-electron chi connectivity index (χ4n) is 2.33. The minimum absolute atomic E-state index is 0.0207. The summed E-state index contributed by atoms with van der Waals surface area (Å²) >= 11 is 8.03. The maximum atomic E-state index is 12.0. The molecule has 0 saturated carbocycles. The molecule has 3 nitrogen and oxygen atoms in total. The summed E-state index contributed by atoms with van der Waals surface area (Å²) in [6.45, 7) is 8.71. The van der Waals surface area contributed by atoms with Gasteiger partial charge < -0.3 is 10.6 Å². The highest BCUT2D eigenvalue weighted by Gasteiger charge is 2.05. The van der Waals surface area contributed by atoms with Gasteiger partial charge in [0.1, 0.15) is 0 Å². The Balaban J connectivity index is 0.00000176. The van der Waals surface area contributed by atoms with E-state index in [0.29, 0.717) is 12.1 Å². The third-order valence-corrected chi connectivity index (χ3v) is 5.23. The zero-order valence-electron chi connectivity index (χ0n) is 16.6. The summed E-state index contributed by atoms with van der Waals surface area (Å²) in [5.74, 6) is 0.897. The first kappa shape index (κ1) is 23.5. The lowest BCUT2D eigenvalue weighted by atomic mass is 10.2.